The van der Waals surface area contributed by atoms with Crippen LogP contribution in [-0.4, -0.2) is 72.4 Å². The van der Waals surface area contributed by atoms with Crippen molar-refractivity contribution in [2.24, 2.45) is 0 Å². The Kier molecular flexibility index (Phi) is 14.4. The van der Waals surface area contributed by atoms with Crippen LogP contribution in [0.15, 0.2) is 121 Å². The number of hydrogen-bond acceptors (Lipinski definition) is 13. The standard InChI is InChI=1S/C67H70O14/c1-63(2,3)58-45(13-17-49(76)53(58)33-21-37(68)29-38(69)22-33)57(46-14-18-50(77)54(59(46)64(4,5)6)34-23-39(70)30-40(71)24-34)67(62(80)81,47-15-19-51(78)55(60(47)65(7,8)9)35-25-41(72)31-42(73)26-35)48-16-20-52(79)56(61(48)66(10,11)12)36-27-43(74)32-44(75)28-36/h13-32,57,68-79H,1-12H3,(H,80,81). The molecule has 0 spiro atoms. The molecule has 13 N–H and O–H groups in total. The second-order valence-electron chi connectivity index (χ2n) is 25.1. The third-order valence-electron chi connectivity index (χ3n) is 14.8. The maximum atomic E-state index is 16.7. The number of carboxylic acid groups (broad SMARTS) is 1. The Morgan fingerprint density at radius 2 is 0.519 bits per heavy atom. The summed E-state index contributed by atoms with van der Waals surface area (Å²) in [6.07, 6.45) is 0. The van der Waals surface area contributed by atoms with Gasteiger partial charge >= 0.3 is 5.97 Å². The van der Waals surface area contributed by atoms with Gasteiger partial charge in [-0.25, -0.2) is 0 Å². The van der Waals surface area contributed by atoms with Crippen LogP contribution in [0.3, 0.4) is 0 Å². The number of rotatable bonds is 10. The predicted octanol–water partition coefficient (Wildman–Crippen LogP) is 14.2. The first kappa shape index (κ1) is 58.0. The number of phenols is 12. The van der Waals surface area contributed by atoms with E-state index in [1.54, 1.807) is 12.1 Å². The summed E-state index contributed by atoms with van der Waals surface area (Å²) in [5, 5.41) is 152. The molecule has 0 aliphatic rings. The highest BCUT2D eigenvalue weighted by Gasteiger charge is 2.57. The summed E-state index contributed by atoms with van der Waals surface area (Å²) in [6.45, 7) is 21.9. The highest BCUT2D eigenvalue weighted by molar-refractivity contribution is 5.96. The second-order valence-corrected chi connectivity index (χ2v) is 25.1. The van der Waals surface area contributed by atoms with Gasteiger partial charge in [0.1, 0.15) is 74.4 Å². The van der Waals surface area contributed by atoms with Gasteiger partial charge in [0.25, 0.3) is 0 Å². The number of phenolic OH excluding ortho intramolecular Hbond substituents is 12. The van der Waals surface area contributed by atoms with Crippen LogP contribution in [0.2, 0.25) is 0 Å². The molecule has 0 aliphatic carbocycles. The summed E-state index contributed by atoms with van der Waals surface area (Å²) < 4.78 is 0. The Labute approximate surface area is 470 Å². The lowest BCUT2D eigenvalue weighted by Gasteiger charge is -2.47. The number of carbonyl (C=O) groups is 1. The van der Waals surface area contributed by atoms with Crippen LogP contribution >= 0.6 is 0 Å². The summed E-state index contributed by atoms with van der Waals surface area (Å²) >= 11 is 0. The molecule has 0 aliphatic heterocycles. The molecule has 0 saturated heterocycles. The van der Waals surface area contributed by atoms with Gasteiger partial charge in [0.15, 0.2) is 0 Å². The quantitative estimate of drug-likeness (QED) is 0.0607. The van der Waals surface area contributed by atoms with Crippen molar-refractivity contribution in [2.75, 3.05) is 0 Å². The number of benzene rings is 8. The highest BCUT2D eigenvalue weighted by Crippen LogP contribution is 2.62. The Hall–Kier alpha value is -9.17. The fraction of sp³-hybridized carbons (Fsp3) is 0.269. The molecule has 0 heterocycles. The van der Waals surface area contributed by atoms with E-state index < -0.39 is 39.0 Å². The van der Waals surface area contributed by atoms with Gasteiger partial charge in [0.05, 0.1) is 0 Å². The van der Waals surface area contributed by atoms with Crippen molar-refractivity contribution < 1.29 is 71.2 Å². The van der Waals surface area contributed by atoms with E-state index in [1.165, 1.54) is 84.9 Å². The number of carboxylic acids is 1. The summed E-state index contributed by atoms with van der Waals surface area (Å²) in [7, 11) is 0. The van der Waals surface area contributed by atoms with E-state index in [0.29, 0.717) is 11.1 Å². The topological polar surface area (TPSA) is 280 Å². The first-order chi connectivity index (χ1) is 37.5. The van der Waals surface area contributed by atoms with E-state index in [4.69, 9.17) is 0 Å². The monoisotopic (exact) mass is 1100 g/mol. The molecule has 14 heteroatoms. The van der Waals surface area contributed by atoms with E-state index in [2.05, 4.69) is 0 Å². The van der Waals surface area contributed by atoms with Crippen molar-refractivity contribution in [3.63, 3.8) is 0 Å². The Morgan fingerprint density at radius 3 is 0.728 bits per heavy atom. The Balaban J connectivity index is 1.82. The SMILES string of the molecule is CC(C)(C)c1c(C(c2ccc(O)c(-c3cc(O)cc(O)c3)c2C(C)(C)C)C(C(=O)O)(c2ccc(O)c(-c3cc(O)cc(O)c3)c2C(C)(C)C)c2ccc(O)c(-c3cc(O)cc(O)c3)c2C(C)(C)C)ccc(O)c1-c1cc(O)cc(O)c1. The molecule has 0 saturated carbocycles. The summed E-state index contributed by atoms with van der Waals surface area (Å²) in [5.41, 5.74) is -4.94. The van der Waals surface area contributed by atoms with Crippen molar-refractivity contribution in [3.8, 4) is 114 Å². The molecular formula is C67H70O14. The van der Waals surface area contributed by atoms with Crippen molar-refractivity contribution in [1.82, 2.24) is 0 Å². The minimum Gasteiger partial charge on any atom is -0.508 e. The predicted molar refractivity (Wildman–Crippen MR) is 313 cm³/mol. The lowest BCUT2D eigenvalue weighted by molar-refractivity contribution is -0.142. The normalized spacial score (nSPS) is 12.5. The average molecular weight is 1100 g/mol. The largest absolute Gasteiger partial charge is 0.508 e. The van der Waals surface area contributed by atoms with Crippen molar-refractivity contribution in [2.45, 2.75) is 116 Å². The molecule has 422 valence electrons. The van der Waals surface area contributed by atoms with Crippen LogP contribution in [-0.2, 0) is 31.9 Å². The Bertz CT molecular complexity index is 3500. The highest BCUT2D eigenvalue weighted by atomic mass is 16.4. The van der Waals surface area contributed by atoms with Gasteiger partial charge in [-0.05, 0) is 161 Å². The number of aliphatic carboxylic acids is 1. The lowest BCUT2D eigenvalue weighted by Crippen LogP contribution is -2.48. The summed E-state index contributed by atoms with van der Waals surface area (Å²) in [5.74, 6) is -7.46. The van der Waals surface area contributed by atoms with Gasteiger partial charge in [-0.3, -0.25) is 4.79 Å². The van der Waals surface area contributed by atoms with Gasteiger partial charge < -0.3 is 66.4 Å². The first-order valence-corrected chi connectivity index (χ1v) is 26.3. The minimum atomic E-state index is -2.64. The van der Waals surface area contributed by atoms with Crippen LogP contribution in [0.25, 0.3) is 44.5 Å². The zero-order valence-electron chi connectivity index (χ0n) is 47.3. The molecule has 81 heavy (non-hydrogen) atoms. The van der Waals surface area contributed by atoms with Gasteiger partial charge in [-0.15, -0.1) is 0 Å². The van der Waals surface area contributed by atoms with Gasteiger partial charge in [-0.2, -0.15) is 0 Å². The van der Waals surface area contributed by atoms with Crippen molar-refractivity contribution in [3.05, 3.63) is 166 Å². The molecule has 0 atom stereocenters. The van der Waals surface area contributed by atoms with E-state index in [-0.39, 0.29) is 147 Å². The van der Waals surface area contributed by atoms with E-state index >= 15 is 4.79 Å². The fourth-order valence-corrected chi connectivity index (χ4v) is 12.3. The van der Waals surface area contributed by atoms with Crippen LogP contribution < -0.4 is 0 Å². The smallest absolute Gasteiger partial charge is 0.319 e. The number of hydrogen-bond donors (Lipinski definition) is 13. The third kappa shape index (κ3) is 10.5. The molecule has 0 bridgehead atoms. The molecule has 0 aromatic heterocycles. The zero-order valence-corrected chi connectivity index (χ0v) is 47.3. The fourth-order valence-electron chi connectivity index (χ4n) is 12.3. The van der Waals surface area contributed by atoms with E-state index in [9.17, 15) is 66.4 Å². The van der Waals surface area contributed by atoms with E-state index in [1.807, 2.05) is 83.1 Å². The maximum Gasteiger partial charge on any atom is 0.319 e. The number of aromatic hydroxyl groups is 12. The maximum absolute atomic E-state index is 16.7. The van der Waals surface area contributed by atoms with Crippen LogP contribution in [0.5, 0.6) is 69.0 Å². The minimum absolute atomic E-state index is 0.0259. The van der Waals surface area contributed by atoms with Gasteiger partial charge in [0, 0.05) is 52.4 Å². The Morgan fingerprint density at radius 1 is 0.309 bits per heavy atom. The molecule has 8 rings (SSSR count). The van der Waals surface area contributed by atoms with Gasteiger partial charge in [0.2, 0.25) is 0 Å². The molecule has 0 amide bonds. The summed E-state index contributed by atoms with van der Waals surface area (Å²) in [4.78, 5) is 16.7. The van der Waals surface area contributed by atoms with Crippen LogP contribution in [0.1, 0.15) is 134 Å². The van der Waals surface area contributed by atoms with E-state index in [0.717, 1.165) is 24.3 Å². The lowest BCUT2D eigenvalue weighted by atomic mass is 9.53. The molecular weight excluding hydrogens is 1030 g/mol. The third-order valence-corrected chi connectivity index (χ3v) is 14.8. The molecule has 14 nitrogen and oxygen atoms in total. The van der Waals surface area contributed by atoms with Gasteiger partial charge in [-0.1, -0.05) is 107 Å². The first-order valence-electron chi connectivity index (χ1n) is 26.3. The summed E-state index contributed by atoms with van der Waals surface area (Å²) in [6, 6.07) is 26.8. The van der Waals surface area contributed by atoms with Crippen LogP contribution in [0.4, 0.5) is 0 Å². The van der Waals surface area contributed by atoms with Crippen LogP contribution in [0, 0.1) is 0 Å². The second kappa shape index (κ2) is 20.2. The van der Waals surface area contributed by atoms with Crippen molar-refractivity contribution >= 4 is 5.97 Å². The molecule has 0 fully saturated rings. The molecule has 8 aromatic rings. The zero-order chi connectivity index (χ0) is 60.0. The average Bonchev–Trinajstić information content (AvgIpc) is 3.31. The molecule has 8 aromatic carbocycles. The molecule has 0 radical (unpaired) electrons. The molecule has 0 unspecified atom stereocenters. The van der Waals surface area contributed by atoms with Crippen molar-refractivity contribution in [1.29, 1.82) is 0 Å².